The van der Waals surface area contributed by atoms with E-state index in [2.05, 4.69) is 17.0 Å². The fourth-order valence-corrected chi connectivity index (χ4v) is 3.54. The quantitative estimate of drug-likeness (QED) is 0.890. The number of nitrogens with one attached hydrogen (secondary N) is 1. The third-order valence-corrected chi connectivity index (χ3v) is 5.08. The normalized spacial score (nSPS) is 27.7. The molecule has 1 saturated heterocycles. The van der Waals surface area contributed by atoms with Gasteiger partial charge in [0.2, 0.25) is 0 Å². The van der Waals surface area contributed by atoms with Gasteiger partial charge in [-0.2, -0.15) is 5.10 Å². The summed E-state index contributed by atoms with van der Waals surface area (Å²) in [5.74, 6) is 0.354. The second-order valence-electron chi connectivity index (χ2n) is 6.40. The van der Waals surface area contributed by atoms with Crippen LogP contribution in [0, 0.1) is 11.8 Å². The third-order valence-electron chi connectivity index (χ3n) is 5.08. The Morgan fingerprint density at radius 3 is 2.78 bits per heavy atom. The van der Waals surface area contributed by atoms with Crippen LogP contribution in [0.5, 0.6) is 0 Å². The van der Waals surface area contributed by atoms with Gasteiger partial charge < -0.3 is 15.2 Å². The molecule has 2 atom stereocenters. The molecule has 2 fully saturated rings. The molecule has 1 saturated carbocycles. The van der Waals surface area contributed by atoms with E-state index in [9.17, 15) is 9.90 Å². The van der Waals surface area contributed by atoms with Crippen molar-refractivity contribution in [2.75, 3.05) is 13.2 Å². The van der Waals surface area contributed by atoms with Crippen molar-refractivity contribution in [3.63, 3.8) is 0 Å². The average molecular weight is 316 g/mol. The van der Waals surface area contributed by atoms with Gasteiger partial charge in [-0.05, 0) is 25.7 Å². The van der Waals surface area contributed by atoms with Crippen molar-refractivity contribution in [2.24, 2.45) is 16.8 Å². The lowest BCUT2D eigenvalue weighted by Gasteiger charge is -2.36. The minimum absolute atomic E-state index is 0.0598. The molecule has 4 rings (SSSR count). The Kier molecular flexibility index (Phi) is 3.45. The first-order chi connectivity index (χ1) is 11.1. The number of aliphatic imine (C=N–C) groups is 1. The highest BCUT2D eigenvalue weighted by Gasteiger charge is 2.41. The number of ether oxygens (including phenoxy) is 1. The van der Waals surface area contributed by atoms with Gasteiger partial charge in [-0.3, -0.25) is 4.79 Å². The molecule has 122 valence electrons. The van der Waals surface area contributed by atoms with E-state index in [0.29, 0.717) is 6.42 Å². The predicted octanol–water partition coefficient (Wildman–Crippen LogP) is 1.95. The lowest BCUT2D eigenvalue weighted by Crippen LogP contribution is -2.44. The number of carboxylic acids is 1. The molecule has 2 aliphatic heterocycles. The van der Waals surface area contributed by atoms with Crippen LogP contribution < -0.4 is 5.32 Å². The number of hydrogen-bond acceptors (Lipinski definition) is 5. The highest BCUT2D eigenvalue weighted by Crippen LogP contribution is 2.40. The molecule has 1 aromatic rings. The SMILES string of the molecule is C=C1NC(C2CC[C@H]2C(=O)O)=Nc2c1cnn2C1CCOCC1. The second kappa shape index (κ2) is 5.49. The number of aliphatic carboxylic acids is 1. The molecule has 0 radical (unpaired) electrons. The summed E-state index contributed by atoms with van der Waals surface area (Å²) in [5.41, 5.74) is 1.64. The van der Waals surface area contributed by atoms with Crippen molar-refractivity contribution >= 4 is 23.3 Å². The van der Waals surface area contributed by atoms with Crippen LogP contribution in [0.4, 0.5) is 5.82 Å². The minimum Gasteiger partial charge on any atom is -0.481 e. The molecule has 23 heavy (non-hydrogen) atoms. The summed E-state index contributed by atoms with van der Waals surface area (Å²) in [5, 5.41) is 17.0. The molecule has 0 amide bonds. The van der Waals surface area contributed by atoms with E-state index in [-0.39, 0.29) is 17.9 Å². The Labute approximate surface area is 134 Å². The van der Waals surface area contributed by atoms with Crippen LogP contribution in [-0.4, -0.2) is 39.9 Å². The number of carboxylic acid groups (broad SMARTS) is 1. The van der Waals surface area contributed by atoms with Crippen LogP contribution in [0.3, 0.4) is 0 Å². The molecule has 1 aliphatic carbocycles. The Morgan fingerprint density at radius 1 is 1.35 bits per heavy atom. The maximum Gasteiger partial charge on any atom is 0.307 e. The zero-order valence-electron chi connectivity index (χ0n) is 12.9. The number of hydrogen-bond donors (Lipinski definition) is 2. The van der Waals surface area contributed by atoms with Gasteiger partial charge in [0.25, 0.3) is 0 Å². The van der Waals surface area contributed by atoms with Crippen LogP contribution >= 0.6 is 0 Å². The zero-order chi connectivity index (χ0) is 16.0. The van der Waals surface area contributed by atoms with E-state index in [4.69, 9.17) is 9.73 Å². The molecule has 0 spiro atoms. The number of carbonyl (C=O) groups is 1. The molecule has 1 aromatic heterocycles. The predicted molar refractivity (Wildman–Crippen MR) is 84.4 cm³/mol. The summed E-state index contributed by atoms with van der Waals surface area (Å²) >= 11 is 0. The first-order valence-corrected chi connectivity index (χ1v) is 8.08. The van der Waals surface area contributed by atoms with Crippen molar-refractivity contribution in [2.45, 2.75) is 31.7 Å². The molecule has 0 bridgehead atoms. The maximum atomic E-state index is 11.3. The molecule has 7 heteroatoms. The fourth-order valence-electron chi connectivity index (χ4n) is 3.54. The smallest absolute Gasteiger partial charge is 0.307 e. The summed E-state index contributed by atoms with van der Waals surface area (Å²) in [6.45, 7) is 5.53. The monoisotopic (exact) mass is 316 g/mol. The molecule has 0 aromatic carbocycles. The average Bonchev–Trinajstić information content (AvgIpc) is 2.91. The number of amidine groups is 1. The second-order valence-corrected chi connectivity index (χ2v) is 6.40. The minimum atomic E-state index is -0.750. The van der Waals surface area contributed by atoms with Gasteiger partial charge in [0.05, 0.1) is 23.7 Å². The van der Waals surface area contributed by atoms with E-state index in [1.807, 2.05) is 4.68 Å². The van der Waals surface area contributed by atoms with Crippen LogP contribution in [0.1, 0.15) is 37.3 Å². The Morgan fingerprint density at radius 2 is 2.13 bits per heavy atom. The highest BCUT2D eigenvalue weighted by molar-refractivity contribution is 6.00. The summed E-state index contributed by atoms with van der Waals surface area (Å²) in [4.78, 5) is 16.0. The van der Waals surface area contributed by atoms with Gasteiger partial charge in [-0.15, -0.1) is 0 Å². The van der Waals surface area contributed by atoms with Crippen molar-refractivity contribution < 1.29 is 14.6 Å². The van der Waals surface area contributed by atoms with Crippen molar-refractivity contribution in [3.05, 3.63) is 18.3 Å². The third kappa shape index (κ3) is 2.35. The van der Waals surface area contributed by atoms with Gasteiger partial charge in [-0.25, -0.2) is 9.67 Å². The van der Waals surface area contributed by atoms with Crippen LogP contribution in [0.2, 0.25) is 0 Å². The summed E-state index contributed by atoms with van der Waals surface area (Å²) in [6.07, 6.45) is 5.17. The Bertz CT molecular complexity index is 687. The van der Waals surface area contributed by atoms with Crippen molar-refractivity contribution in [1.29, 1.82) is 0 Å². The molecule has 1 unspecified atom stereocenters. The van der Waals surface area contributed by atoms with E-state index in [1.165, 1.54) is 0 Å². The molecule has 3 heterocycles. The number of rotatable bonds is 3. The Balaban J connectivity index is 1.67. The van der Waals surface area contributed by atoms with E-state index in [0.717, 1.165) is 55.4 Å². The summed E-state index contributed by atoms with van der Waals surface area (Å²) in [6, 6.07) is 0.278. The molecule has 7 nitrogen and oxygen atoms in total. The van der Waals surface area contributed by atoms with Gasteiger partial charge >= 0.3 is 5.97 Å². The first kappa shape index (κ1) is 14.4. The molecule has 2 N–H and O–H groups in total. The fraction of sp³-hybridized carbons (Fsp3) is 0.562. The van der Waals surface area contributed by atoms with E-state index >= 15 is 0 Å². The molecule has 3 aliphatic rings. The zero-order valence-corrected chi connectivity index (χ0v) is 12.9. The number of fused-ring (bicyclic) bond motifs is 1. The van der Waals surface area contributed by atoms with Crippen molar-refractivity contribution in [3.8, 4) is 0 Å². The van der Waals surface area contributed by atoms with Crippen LogP contribution in [-0.2, 0) is 9.53 Å². The number of aromatic nitrogens is 2. The molecular formula is C16H20N4O3. The van der Waals surface area contributed by atoms with E-state index in [1.54, 1.807) is 6.20 Å². The first-order valence-electron chi connectivity index (χ1n) is 8.08. The topological polar surface area (TPSA) is 88.7 Å². The maximum absolute atomic E-state index is 11.3. The Hall–Kier alpha value is -2.15. The summed E-state index contributed by atoms with van der Waals surface area (Å²) < 4.78 is 7.37. The van der Waals surface area contributed by atoms with Crippen molar-refractivity contribution in [1.82, 2.24) is 15.1 Å². The molecular weight excluding hydrogens is 296 g/mol. The van der Waals surface area contributed by atoms with Gasteiger partial charge in [-0.1, -0.05) is 6.58 Å². The van der Waals surface area contributed by atoms with E-state index < -0.39 is 5.97 Å². The summed E-state index contributed by atoms with van der Waals surface area (Å²) in [7, 11) is 0. The lowest BCUT2D eigenvalue weighted by molar-refractivity contribution is -0.146. The standard InChI is InChI=1S/C16H20N4O3/c1-9-13-8-17-20(10-4-6-23-7-5-10)15(13)19-14(18-9)11-2-3-12(11)16(21)22/h8,10-12H,1-7H2,(H,18,19)(H,21,22)/t11?,12-/m1/s1. The van der Waals surface area contributed by atoms with Gasteiger partial charge in [0.1, 0.15) is 5.84 Å². The van der Waals surface area contributed by atoms with Gasteiger partial charge in [0, 0.05) is 24.8 Å². The lowest BCUT2D eigenvalue weighted by atomic mass is 9.72. The highest BCUT2D eigenvalue weighted by atomic mass is 16.5. The van der Waals surface area contributed by atoms with Gasteiger partial charge in [0.15, 0.2) is 5.82 Å². The largest absolute Gasteiger partial charge is 0.481 e. The van der Waals surface area contributed by atoms with Crippen LogP contribution in [0.25, 0.3) is 5.70 Å². The van der Waals surface area contributed by atoms with Crippen LogP contribution in [0.15, 0.2) is 17.8 Å². The number of nitrogens with zero attached hydrogens (tertiary/aromatic N) is 3.